The van der Waals surface area contributed by atoms with Gasteiger partial charge in [-0.25, -0.2) is 0 Å². The Morgan fingerprint density at radius 3 is 2.33 bits per heavy atom. The van der Waals surface area contributed by atoms with E-state index in [1.54, 1.807) is 12.1 Å². The van der Waals surface area contributed by atoms with Crippen LogP contribution in [0.2, 0.25) is 0 Å². The Balaban J connectivity index is 0.00000161. The monoisotopic (exact) mass is 301 g/mol. The molecule has 0 radical (unpaired) electrons. The fourth-order valence-corrected chi connectivity index (χ4v) is 3.35. The van der Waals surface area contributed by atoms with Gasteiger partial charge in [0, 0.05) is 5.39 Å². The Morgan fingerprint density at radius 2 is 1.57 bits per heavy atom. The summed E-state index contributed by atoms with van der Waals surface area (Å²) in [5.41, 5.74) is 0. The van der Waals surface area contributed by atoms with Gasteiger partial charge in [-0.3, -0.25) is 0 Å². The Morgan fingerprint density at radius 1 is 0.857 bits per heavy atom. The van der Waals surface area contributed by atoms with Crippen molar-refractivity contribution in [3.05, 3.63) is 67.4 Å². The Bertz CT molecular complexity index is 917. The molecule has 0 spiro atoms. The molecule has 3 aromatic rings. The number of hydrogen-bond acceptors (Lipinski definition) is 4. The van der Waals surface area contributed by atoms with E-state index in [9.17, 15) is 8.42 Å². The molecule has 21 heavy (non-hydrogen) atoms. The maximum atomic E-state index is 12.1. The van der Waals surface area contributed by atoms with Gasteiger partial charge < -0.3 is 10.3 Å². The van der Waals surface area contributed by atoms with Crippen molar-refractivity contribution < 1.29 is 12.6 Å². The molecular formula is C16H15NO3S. The quantitative estimate of drug-likeness (QED) is 0.450. The van der Waals surface area contributed by atoms with Gasteiger partial charge in [0.2, 0.25) is 0 Å². The summed E-state index contributed by atoms with van der Waals surface area (Å²) in [4.78, 5) is 0.153. The third-order valence-corrected chi connectivity index (χ3v) is 4.49. The highest BCUT2D eigenvalue weighted by atomic mass is 32.2. The van der Waals surface area contributed by atoms with Crippen LogP contribution in [0.5, 0.6) is 0 Å². The van der Waals surface area contributed by atoms with E-state index in [-0.39, 0.29) is 11.0 Å². The maximum Gasteiger partial charge on any atom is 0.339 e. The minimum absolute atomic E-state index is 0. The minimum Gasteiger partial charge on any atom is -0.388 e. The maximum absolute atomic E-state index is 12.1. The number of fused-ring (bicyclic) bond motifs is 3. The molecule has 0 aliphatic rings. The van der Waals surface area contributed by atoms with Gasteiger partial charge in [0.05, 0.1) is 6.26 Å². The molecule has 3 rings (SSSR count). The first-order valence-electron chi connectivity index (χ1n) is 6.08. The molecule has 0 saturated carbocycles. The van der Waals surface area contributed by atoms with E-state index in [1.165, 1.54) is 6.07 Å². The molecule has 0 amide bonds. The molecule has 0 heterocycles. The van der Waals surface area contributed by atoms with Crippen LogP contribution in [0.4, 0.5) is 0 Å². The molecule has 0 unspecified atom stereocenters. The molecule has 3 aromatic carbocycles. The van der Waals surface area contributed by atoms with Crippen LogP contribution in [0.3, 0.4) is 0 Å². The van der Waals surface area contributed by atoms with Crippen molar-refractivity contribution in [1.29, 1.82) is 0 Å². The zero-order valence-electron chi connectivity index (χ0n) is 11.3. The molecule has 0 aliphatic heterocycles. The van der Waals surface area contributed by atoms with E-state index in [4.69, 9.17) is 0 Å². The molecular weight excluding hydrogens is 286 g/mol. The van der Waals surface area contributed by atoms with Crippen molar-refractivity contribution >= 4 is 31.7 Å². The summed E-state index contributed by atoms with van der Waals surface area (Å²) in [5, 5.41) is 3.62. The Labute approximate surface area is 123 Å². The highest BCUT2D eigenvalue weighted by Crippen LogP contribution is 2.30. The van der Waals surface area contributed by atoms with Gasteiger partial charge in [-0.15, -0.1) is 0 Å². The summed E-state index contributed by atoms with van der Waals surface area (Å²) >= 11 is 0. The van der Waals surface area contributed by atoms with Crippen LogP contribution >= 0.6 is 0 Å². The number of hydrogen-bond donors (Lipinski definition) is 1. The molecule has 0 atom stereocenters. The highest BCUT2D eigenvalue weighted by molar-refractivity contribution is 7.87. The van der Waals surface area contributed by atoms with Crippen molar-refractivity contribution in [2.75, 3.05) is 0 Å². The van der Waals surface area contributed by atoms with Crippen LogP contribution in [0, 0.1) is 0 Å². The summed E-state index contributed by atoms with van der Waals surface area (Å²) in [6, 6.07) is 16.7. The van der Waals surface area contributed by atoms with E-state index in [0.29, 0.717) is 5.39 Å². The van der Waals surface area contributed by atoms with Gasteiger partial charge >= 0.3 is 10.1 Å². The van der Waals surface area contributed by atoms with Crippen molar-refractivity contribution in [3.8, 4) is 0 Å². The van der Waals surface area contributed by atoms with Crippen molar-refractivity contribution in [3.63, 3.8) is 0 Å². The summed E-state index contributed by atoms with van der Waals surface area (Å²) in [6.45, 7) is 3.30. The van der Waals surface area contributed by atoms with Gasteiger partial charge in [-0.2, -0.15) is 8.42 Å². The second-order valence-electron chi connectivity index (χ2n) is 4.35. The normalized spacial score (nSPS) is 11.0. The van der Waals surface area contributed by atoms with Crippen LogP contribution in [0.25, 0.3) is 21.5 Å². The number of rotatable bonds is 3. The van der Waals surface area contributed by atoms with E-state index in [2.05, 4.69) is 10.8 Å². The summed E-state index contributed by atoms with van der Waals surface area (Å²) < 4.78 is 28.8. The zero-order chi connectivity index (χ0) is 14.2. The molecule has 108 valence electrons. The molecule has 4 nitrogen and oxygen atoms in total. The molecule has 0 aromatic heterocycles. The second-order valence-corrected chi connectivity index (χ2v) is 5.90. The lowest BCUT2D eigenvalue weighted by Gasteiger charge is -2.09. The largest absolute Gasteiger partial charge is 0.388 e. The van der Waals surface area contributed by atoms with E-state index < -0.39 is 10.1 Å². The second kappa shape index (κ2) is 5.55. The van der Waals surface area contributed by atoms with Crippen LogP contribution in [-0.2, 0) is 14.3 Å². The predicted molar refractivity (Wildman–Crippen MR) is 84.9 cm³/mol. The standard InChI is InChI=1S/C16H12O3S.H3N/c1-2-19-20(17,18)16-9-5-8-14-13-7-4-3-6-12(13)10-11-15(14)16;/h2-11H,1H2;1H3. The Kier molecular flexibility index (Phi) is 3.97. The predicted octanol–water partition coefficient (Wildman–Crippen LogP) is 4.00. The van der Waals surface area contributed by atoms with Crippen LogP contribution < -0.4 is 6.15 Å². The van der Waals surface area contributed by atoms with E-state index >= 15 is 0 Å². The van der Waals surface area contributed by atoms with Crippen molar-refractivity contribution in [1.82, 2.24) is 6.15 Å². The smallest absolute Gasteiger partial charge is 0.339 e. The van der Waals surface area contributed by atoms with Crippen LogP contribution in [0.1, 0.15) is 0 Å². The first-order valence-corrected chi connectivity index (χ1v) is 7.49. The minimum atomic E-state index is -3.82. The van der Waals surface area contributed by atoms with Crippen molar-refractivity contribution in [2.24, 2.45) is 0 Å². The Hall–Kier alpha value is -2.37. The average molecular weight is 301 g/mol. The highest BCUT2D eigenvalue weighted by Gasteiger charge is 2.18. The third-order valence-electron chi connectivity index (χ3n) is 3.21. The molecule has 0 bridgehead atoms. The SMILES string of the molecule is C=COS(=O)(=O)c1cccc2c1ccc1ccccc12.N. The van der Waals surface area contributed by atoms with E-state index in [1.807, 2.05) is 36.4 Å². The van der Waals surface area contributed by atoms with Crippen LogP contribution in [-0.4, -0.2) is 8.42 Å². The molecule has 0 saturated heterocycles. The van der Waals surface area contributed by atoms with Gasteiger partial charge in [-0.1, -0.05) is 55.1 Å². The molecule has 0 fully saturated rings. The summed E-state index contributed by atoms with van der Waals surface area (Å²) in [5.74, 6) is 0. The first kappa shape index (κ1) is 15.0. The molecule has 5 heteroatoms. The zero-order valence-corrected chi connectivity index (χ0v) is 12.1. The topological polar surface area (TPSA) is 78.4 Å². The lowest BCUT2D eigenvalue weighted by Crippen LogP contribution is -2.02. The summed E-state index contributed by atoms with van der Waals surface area (Å²) in [6.07, 6.45) is 0.926. The fourth-order valence-electron chi connectivity index (χ4n) is 2.37. The van der Waals surface area contributed by atoms with Gasteiger partial charge in [0.15, 0.2) is 0 Å². The number of benzene rings is 3. The summed E-state index contributed by atoms with van der Waals surface area (Å²) in [7, 11) is -3.82. The van der Waals surface area contributed by atoms with Gasteiger partial charge in [-0.05, 0) is 22.2 Å². The molecule has 3 N–H and O–H groups in total. The van der Waals surface area contributed by atoms with E-state index in [0.717, 1.165) is 22.4 Å². The third kappa shape index (κ3) is 2.49. The fraction of sp³-hybridized carbons (Fsp3) is 0. The lowest BCUT2D eigenvalue weighted by molar-refractivity contribution is 0.445. The van der Waals surface area contributed by atoms with Crippen LogP contribution in [0.15, 0.2) is 72.3 Å². The van der Waals surface area contributed by atoms with Gasteiger partial charge in [0.25, 0.3) is 0 Å². The first-order chi connectivity index (χ1) is 9.63. The molecule has 0 aliphatic carbocycles. The van der Waals surface area contributed by atoms with Crippen molar-refractivity contribution in [2.45, 2.75) is 4.90 Å². The lowest BCUT2D eigenvalue weighted by atomic mass is 10.0. The average Bonchev–Trinajstić information content (AvgIpc) is 2.46. The van der Waals surface area contributed by atoms with Gasteiger partial charge in [0.1, 0.15) is 4.90 Å².